The van der Waals surface area contributed by atoms with Gasteiger partial charge in [-0.1, -0.05) is 0 Å². The molecule has 3 heterocycles. The average Bonchev–Trinajstić information content (AvgIpc) is 3.09. The molecule has 0 spiro atoms. The molecule has 2 saturated heterocycles. The minimum Gasteiger partial charge on any atom is -0.366 e. The van der Waals surface area contributed by atoms with Crippen molar-refractivity contribution in [3.63, 3.8) is 0 Å². The second-order valence-electron chi connectivity index (χ2n) is 6.95. The summed E-state index contributed by atoms with van der Waals surface area (Å²) in [5.41, 5.74) is 0. The molecule has 24 heavy (non-hydrogen) atoms. The van der Waals surface area contributed by atoms with Gasteiger partial charge in [-0.2, -0.15) is 0 Å². The van der Waals surface area contributed by atoms with Crippen molar-refractivity contribution >= 4 is 5.91 Å². The van der Waals surface area contributed by atoms with E-state index in [2.05, 4.69) is 40.1 Å². The van der Waals surface area contributed by atoms with E-state index in [0.29, 0.717) is 19.1 Å². The van der Waals surface area contributed by atoms with Crippen LogP contribution in [0.4, 0.5) is 0 Å². The van der Waals surface area contributed by atoms with E-state index in [1.807, 2.05) is 11.1 Å². The Morgan fingerprint density at radius 1 is 1.42 bits per heavy atom. The van der Waals surface area contributed by atoms with Crippen LogP contribution in [0.15, 0.2) is 12.4 Å². The number of nitrogens with zero attached hydrogens (tertiary/aromatic N) is 4. The molecule has 1 N–H and O–H groups in total. The number of morpholine rings is 1. The molecule has 1 atom stereocenters. The largest absolute Gasteiger partial charge is 0.366 e. The van der Waals surface area contributed by atoms with E-state index in [9.17, 15) is 4.79 Å². The van der Waals surface area contributed by atoms with E-state index < -0.39 is 0 Å². The number of likely N-dealkylation sites (tertiary alicyclic amines) is 1. The number of hydrogen-bond acceptors (Lipinski definition) is 5. The number of ether oxygens (including phenoxy) is 1. The zero-order chi connectivity index (χ0) is 16.9. The van der Waals surface area contributed by atoms with Crippen LogP contribution in [-0.4, -0.2) is 84.8 Å². The minimum atomic E-state index is -0.308. The van der Waals surface area contributed by atoms with Crippen LogP contribution in [0.2, 0.25) is 0 Å². The van der Waals surface area contributed by atoms with Crippen LogP contribution < -0.4 is 5.32 Å². The normalized spacial score (nSPS) is 23.0. The van der Waals surface area contributed by atoms with Crippen molar-refractivity contribution in [2.75, 3.05) is 53.4 Å². The Labute approximate surface area is 144 Å². The van der Waals surface area contributed by atoms with E-state index in [-0.39, 0.29) is 12.0 Å². The summed E-state index contributed by atoms with van der Waals surface area (Å²) in [5.74, 6) is 1.74. The van der Waals surface area contributed by atoms with E-state index in [1.165, 1.54) is 5.82 Å². The fourth-order valence-electron chi connectivity index (χ4n) is 3.46. The van der Waals surface area contributed by atoms with Crippen LogP contribution in [0.25, 0.3) is 0 Å². The Hall–Kier alpha value is -1.44. The summed E-state index contributed by atoms with van der Waals surface area (Å²) in [6.07, 6.45) is 5.61. The quantitative estimate of drug-likeness (QED) is 0.829. The topological polar surface area (TPSA) is 62.6 Å². The van der Waals surface area contributed by atoms with Gasteiger partial charge in [0.1, 0.15) is 11.9 Å². The van der Waals surface area contributed by atoms with Crippen molar-refractivity contribution in [1.82, 2.24) is 24.7 Å². The van der Waals surface area contributed by atoms with Crippen molar-refractivity contribution in [2.45, 2.75) is 31.4 Å². The number of imidazole rings is 1. The maximum absolute atomic E-state index is 12.5. The first kappa shape index (κ1) is 17.4. The number of hydrogen-bond donors (Lipinski definition) is 1. The highest BCUT2D eigenvalue weighted by atomic mass is 16.5. The summed E-state index contributed by atoms with van der Waals surface area (Å²) in [6.45, 7) is 5.65. The smallest absolute Gasteiger partial charge is 0.253 e. The summed E-state index contributed by atoms with van der Waals surface area (Å²) in [6, 6.07) is 0. The van der Waals surface area contributed by atoms with Crippen molar-refractivity contribution < 1.29 is 9.53 Å². The number of carbonyl (C=O) groups is 1. The molecule has 1 aromatic heterocycles. The van der Waals surface area contributed by atoms with Crippen LogP contribution in [0.1, 0.15) is 24.6 Å². The molecule has 0 aromatic carbocycles. The van der Waals surface area contributed by atoms with Gasteiger partial charge in [0.25, 0.3) is 5.91 Å². The highest BCUT2D eigenvalue weighted by molar-refractivity contribution is 5.81. The zero-order valence-electron chi connectivity index (χ0n) is 14.8. The number of amides is 1. The van der Waals surface area contributed by atoms with Crippen molar-refractivity contribution in [1.29, 1.82) is 0 Å². The van der Waals surface area contributed by atoms with Crippen LogP contribution >= 0.6 is 0 Å². The minimum absolute atomic E-state index is 0.136. The van der Waals surface area contributed by atoms with E-state index in [4.69, 9.17) is 4.74 Å². The Balaban J connectivity index is 1.53. The van der Waals surface area contributed by atoms with Crippen molar-refractivity contribution in [2.24, 2.45) is 0 Å². The molecule has 1 amide bonds. The van der Waals surface area contributed by atoms with E-state index in [1.54, 1.807) is 0 Å². The van der Waals surface area contributed by atoms with Gasteiger partial charge < -0.3 is 24.4 Å². The lowest BCUT2D eigenvalue weighted by atomic mass is 9.95. The SMILES string of the molecule is CN(C)CCn1ccnc1C1CCN(C(=O)C2CNCCO2)CC1. The van der Waals surface area contributed by atoms with E-state index in [0.717, 1.165) is 45.6 Å². The van der Waals surface area contributed by atoms with Gasteiger partial charge in [-0.15, -0.1) is 0 Å². The molecule has 2 fully saturated rings. The number of nitrogens with one attached hydrogen (secondary N) is 1. The average molecular weight is 335 g/mol. The first-order chi connectivity index (χ1) is 11.6. The van der Waals surface area contributed by atoms with Gasteiger partial charge in [-0.25, -0.2) is 4.98 Å². The lowest BCUT2D eigenvalue weighted by molar-refractivity contribution is -0.146. The van der Waals surface area contributed by atoms with Crippen molar-refractivity contribution in [3.05, 3.63) is 18.2 Å². The summed E-state index contributed by atoms with van der Waals surface area (Å²) < 4.78 is 7.85. The first-order valence-corrected chi connectivity index (χ1v) is 8.92. The van der Waals surface area contributed by atoms with Gasteiger partial charge in [0, 0.05) is 57.6 Å². The summed E-state index contributed by atoms with van der Waals surface area (Å²) >= 11 is 0. The Morgan fingerprint density at radius 2 is 2.21 bits per heavy atom. The van der Waals surface area contributed by atoms with Gasteiger partial charge in [0.2, 0.25) is 0 Å². The molecule has 3 rings (SSSR count). The number of rotatable bonds is 5. The second-order valence-corrected chi connectivity index (χ2v) is 6.95. The van der Waals surface area contributed by atoms with Crippen molar-refractivity contribution in [3.8, 4) is 0 Å². The molecule has 0 aliphatic carbocycles. The summed E-state index contributed by atoms with van der Waals surface area (Å²) in [4.78, 5) is 21.3. The molecule has 2 aliphatic heterocycles. The third-order valence-corrected chi connectivity index (χ3v) is 4.91. The summed E-state index contributed by atoms with van der Waals surface area (Å²) in [5, 5.41) is 3.23. The molecule has 0 saturated carbocycles. The fraction of sp³-hybridized carbons (Fsp3) is 0.765. The highest BCUT2D eigenvalue weighted by Crippen LogP contribution is 2.27. The number of likely N-dealkylation sites (N-methyl/N-ethyl adjacent to an activating group) is 1. The third kappa shape index (κ3) is 4.15. The first-order valence-electron chi connectivity index (χ1n) is 8.92. The predicted octanol–water partition coefficient (Wildman–Crippen LogP) is 0.139. The maximum Gasteiger partial charge on any atom is 0.253 e. The molecule has 1 aromatic rings. The third-order valence-electron chi connectivity index (χ3n) is 4.91. The van der Waals surface area contributed by atoms with Crippen LogP contribution in [0.5, 0.6) is 0 Å². The molecule has 134 valence electrons. The molecule has 7 nitrogen and oxygen atoms in total. The monoisotopic (exact) mass is 335 g/mol. The lowest BCUT2D eigenvalue weighted by Crippen LogP contribution is -2.51. The molecule has 2 aliphatic rings. The second kappa shape index (κ2) is 8.09. The zero-order valence-corrected chi connectivity index (χ0v) is 14.8. The van der Waals surface area contributed by atoms with E-state index >= 15 is 0 Å². The molecule has 7 heteroatoms. The van der Waals surface area contributed by atoms with Gasteiger partial charge in [-0.3, -0.25) is 4.79 Å². The number of aromatic nitrogens is 2. The Kier molecular flexibility index (Phi) is 5.86. The molecule has 1 unspecified atom stereocenters. The number of carbonyl (C=O) groups excluding carboxylic acids is 1. The standard InChI is InChI=1S/C17H29N5O2/c1-20(2)10-11-21-9-5-19-16(21)14-3-7-22(8-4-14)17(23)15-13-18-6-12-24-15/h5,9,14-15,18H,3-4,6-8,10-13H2,1-2H3. The Morgan fingerprint density at radius 3 is 2.88 bits per heavy atom. The molecular formula is C17H29N5O2. The van der Waals surface area contributed by atoms with Gasteiger partial charge in [0.15, 0.2) is 0 Å². The van der Waals surface area contributed by atoms with Crippen LogP contribution in [0.3, 0.4) is 0 Å². The predicted molar refractivity (Wildman–Crippen MR) is 91.9 cm³/mol. The number of piperidine rings is 1. The lowest BCUT2D eigenvalue weighted by Gasteiger charge is -2.35. The Bertz CT molecular complexity index is 531. The summed E-state index contributed by atoms with van der Waals surface area (Å²) in [7, 11) is 4.17. The van der Waals surface area contributed by atoms with Crippen LogP contribution in [-0.2, 0) is 16.1 Å². The van der Waals surface area contributed by atoms with Gasteiger partial charge in [-0.05, 0) is 26.9 Å². The van der Waals surface area contributed by atoms with Gasteiger partial charge >= 0.3 is 0 Å². The highest BCUT2D eigenvalue weighted by Gasteiger charge is 2.31. The van der Waals surface area contributed by atoms with Gasteiger partial charge in [0.05, 0.1) is 6.61 Å². The maximum atomic E-state index is 12.5. The molecule has 0 bridgehead atoms. The molecule has 0 radical (unpaired) electrons. The fourth-order valence-corrected chi connectivity index (χ4v) is 3.46. The van der Waals surface area contributed by atoms with Crippen LogP contribution in [0, 0.1) is 0 Å². The molecular weight excluding hydrogens is 306 g/mol.